The van der Waals surface area contributed by atoms with E-state index in [1.54, 1.807) is 0 Å². The SMILES string of the molecule is c1ccc(-c2ccc3ccc4ccc(-c5ccc6cc(-c7nc(-c8ccccc8)nc8ccccc78)ccc6c5)nc4c3n2)cc1. The molecule has 9 rings (SSSR count). The normalized spacial score (nSPS) is 11.5. The van der Waals surface area contributed by atoms with Crippen molar-refractivity contribution in [1.82, 2.24) is 19.9 Å². The zero-order valence-corrected chi connectivity index (χ0v) is 24.8. The molecule has 0 unspecified atom stereocenters. The van der Waals surface area contributed by atoms with Crippen LogP contribution >= 0.6 is 0 Å². The van der Waals surface area contributed by atoms with Crippen molar-refractivity contribution in [3.8, 4) is 45.2 Å². The minimum atomic E-state index is 0.727. The average molecular weight is 587 g/mol. The third kappa shape index (κ3) is 4.56. The van der Waals surface area contributed by atoms with Gasteiger partial charge in [-0.3, -0.25) is 0 Å². The van der Waals surface area contributed by atoms with Gasteiger partial charge in [-0.2, -0.15) is 0 Å². The zero-order chi connectivity index (χ0) is 30.5. The lowest BCUT2D eigenvalue weighted by Crippen LogP contribution is -1.95. The van der Waals surface area contributed by atoms with Crippen LogP contribution in [0.15, 0.2) is 158 Å². The van der Waals surface area contributed by atoms with Gasteiger partial charge in [0.1, 0.15) is 0 Å². The number of hydrogen-bond donors (Lipinski definition) is 0. The molecular weight excluding hydrogens is 560 g/mol. The smallest absolute Gasteiger partial charge is 0.160 e. The molecule has 0 amide bonds. The van der Waals surface area contributed by atoms with E-state index in [4.69, 9.17) is 19.9 Å². The van der Waals surface area contributed by atoms with Gasteiger partial charge in [0.25, 0.3) is 0 Å². The van der Waals surface area contributed by atoms with Gasteiger partial charge in [-0.05, 0) is 41.1 Å². The van der Waals surface area contributed by atoms with E-state index in [9.17, 15) is 0 Å². The van der Waals surface area contributed by atoms with E-state index in [0.717, 1.165) is 88.6 Å². The van der Waals surface area contributed by atoms with Crippen LogP contribution in [0.1, 0.15) is 0 Å². The third-order valence-corrected chi connectivity index (χ3v) is 8.63. The van der Waals surface area contributed by atoms with Crippen molar-refractivity contribution in [2.45, 2.75) is 0 Å². The Kier molecular flexibility index (Phi) is 6.10. The lowest BCUT2D eigenvalue weighted by atomic mass is 9.99. The first-order chi connectivity index (χ1) is 22.8. The molecule has 0 radical (unpaired) electrons. The standard InChI is InChI=1S/C42H26N4/c1-3-9-27(10-4-1)36-23-21-28-15-16-29-22-24-37(44-41(29)40(28)43-36)33-19-17-32-26-34(20-18-31(32)25-33)39-35-13-7-8-14-38(35)45-42(46-39)30-11-5-2-6-12-30/h1-26H. The molecule has 46 heavy (non-hydrogen) atoms. The quantitative estimate of drug-likeness (QED) is 0.193. The Balaban J connectivity index is 1.13. The summed E-state index contributed by atoms with van der Waals surface area (Å²) in [4.78, 5) is 20.2. The predicted molar refractivity (Wildman–Crippen MR) is 189 cm³/mol. The Morgan fingerprint density at radius 3 is 1.54 bits per heavy atom. The molecule has 6 aromatic carbocycles. The third-order valence-electron chi connectivity index (χ3n) is 8.63. The van der Waals surface area contributed by atoms with E-state index >= 15 is 0 Å². The highest BCUT2D eigenvalue weighted by atomic mass is 14.9. The molecule has 4 nitrogen and oxygen atoms in total. The lowest BCUT2D eigenvalue weighted by Gasteiger charge is -2.11. The van der Waals surface area contributed by atoms with Gasteiger partial charge in [0.05, 0.1) is 33.6 Å². The Morgan fingerprint density at radius 2 is 0.848 bits per heavy atom. The summed E-state index contributed by atoms with van der Waals surface area (Å²) in [6.07, 6.45) is 0. The van der Waals surface area contributed by atoms with Gasteiger partial charge >= 0.3 is 0 Å². The molecule has 0 N–H and O–H groups in total. The van der Waals surface area contributed by atoms with Crippen molar-refractivity contribution in [2.75, 3.05) is 0 Å². The summed E-state index contributed by atoms with van der Waals surface area (Å²) in [5, 5.41) is 5.48. The zero-order valence-electron chi connectivity index (χ0n) is 24.8. The van der Waals surface area contributed by atoms with Crippen LogP contribution in [-0.2, 0) is 0 Å². The van der Waals surface area contributed by atoms with Crippen LogP contribution in [0.2, 0.25) is 0 Å². The molecule has 0 atom stereocenters. The fourth-order valence-corrected chi connectivity index (χ4v) is 6.26. The minimum Gasteiger partial charge on any atom is -0.245 e. The van der Waals surface area contributed by atoms with Crippen molar-refractivity contribution in [3.63, 3.8) is 0 Å². The van der Waals surface area contributed by atoms with Crippen molar-refractivity contribution in [1.29, 1.82) is 0 Å². The summed E-state index contributed by atoms with van der Waals surface area (Å²) in [6.45, 7) is 0. The van der Waals surface area contributed by atoms with E-state index in [2.05, 4.69) is 109 Å². The maximum atomic E-state index is 5.17. The summed E-state index contributed by atoms with van der Waals surface area (Å²) >= 11 is 0. The van der Waals surface area contributed by atoms with E-state index in [1.165, 1.54) is 0 Å². The van der Waals surface area contributed by atoms with E-state index < -0.39 is 0 Å². The maximum absolute atomic E-state index is 5.17. The van der Waals surface area contributed by atoms with E-state index in [1.807, 2.05) is 48.5 Å². The van der Waals surface area contributed by atoms with Crippen molar-refractivity contribution in [3.05, 3.63) is 158 Å². The van der Waals surface area contributed by atoms with Crippen molar-refractivity contribution in [2.24, 2.45) is 0 Å². The Labute approximate surface area is 265 Å². The van der Waals surface area contributed by atoms with Crippen LogP contribution in [0.25, 0.3) is 88.6 Å². The molecule has 0 fully saturated rings. The Morgan fingerprint density at radius 1 is 0.326 bits per heavy atom. The molecule has 3 heterocycles. The number of fused-ring (bicyclic) bond motifs is 5. The van der Waals surface area contributed by atoms with Gasteiger partial charge < -0.3 is 0 Å². The largest absolute Gasteiger partial charge is 0.245 e. The molecular formula is C42H26N4. The Bertz CT molecular complexity index is 2580. The molecule has 0 saturated carbocycles. The van der Waals surface area contributed by atoms with Gasteiger partial charge in [0, 0.05) is 38.4 Å². The maximum Gasteiger partial charge on any atom is 0.160 e. The first-order valence-electron chi connectivity index (χ1n) is 15.4. The fraction of sp³-hybridized carbons (Fsp3) is 0. The van der Waals surface area contributed by atoms with Crippen LogP contribution in [0.3, 0.4) is 0 Å². The lowest BCUT2D eigenvalue weighted by molar-refractivity contribution is 1.23. The molecule has 9 aromatic rings. The highest BCUT2D eigenvalue weighted by molar-refractivity contribution is 6.04. The molecule has 0 aliphatic carbocycles. The highest BCUT2D eigenvalue weighted by Crippen LogP contribution is 2.33. The van der Waals surface area contributed by atoms with Crippen molar-refractivity contribution < 1.29 is 0 Å². The van der Waals surface area contributed by atoms with Gasteiger partial charge in [0.15, 0.2) is 5.82 Å². The number of rotatable bonds is 4. The topological polar surface area (TPSA) is 51.6 Å². The first kappa shape index (κ1) is 26.2. The van der Waals surface area contributed by atoms with Crippen LogP contribution in [0, 0.1) is 0 Å². The monoisotopic (exact) mass is 586 g/mol. The molecule has 0 spiro atoms. The Hall–Kier alpha value is -6.26. The molecule has 0 aliphatic rings. The molecule has 0 aliphatic heterocycles. The molecule has 214 valence electrons. The van der Waals surface area contributed by atoms with Crippen LogP contribution in [-0.4, -0.2) is 19.9 Å². The average Bonchev–Trinajstić information content (AvgIpc) is 3.14. The number of hydrogen-bond acceptors (Lipinski definition) is 4. The number of nitrogens with zero attached hydrogens (tertiary/aromatic N) is 4. The first-order valence-corrected chi connectivity index (χ1v) is 15.4. The van der Waals surface area contributed by atoms with Gasteiger partial charge in [-0.1, -0.05) is 127 Å². The predicted octanol–water partition coefficient (Wildman–Crippen LogP) is 10.5. The van der Waals surface area contributed by atoms with Gasteiger partial charge in [-0.25, -0.2) is 19.9 Å². The van der Waals surface area contributed by atoms with E-state index in [0.29, 0.717) is 0 Å². The van der Waals surface area contributed by atoms with Crippen LogP contribution < -0.4 is 0 Å². The van der Waals surface area contributed by atoms with Crippen LogP contribution in [0.4, 0.5) is 0 Å². The summed E-state index contributed by atoms with van der Waals surface area (Å²) in [5.41, 5.74) is 9.78. The molecule has 0 bridgehead atoms. The number of aromatic nitrogens is 4. The summed E-state index contributed by atoms with van der Waals surface area (Å²) in [6, 6.07) is 54.5. The van der Waals surface area contributed by atoms with Gasteiger partial charge in [-0.15, -0.1) is 0 Å². The van der Waals surface area contributed by atoms with Crippen molar-refractivity contribution >= 4 is 43.5 Å². The summed E-state index contributed by atoms with van der Waals surface area (Å²) in [5.74, 6) is 0.727. The number of benzene rings is 6. The second-order valence-electron chi connectivity index (χ2n) is 11.5. The van der Waals surface area contributed by atoms with Gasteiger partial charge in [0.2, 0.25) is 0 Å². The molecule has 3 aromatic heterocycles. The number of pyridine rings is 2. The second kappa shape index (κ2) is 10.7. The molecule has 0 saturated heterocycles. The number of para-hydroxylation sites is 1. The second-order valence-corrected chi connectivity index (χ2v) is 11.5. The van der Waals surface area contributed by atoms with Crippen LogP contribution in [0.5, 0.6) is 0 Å². The summed E-state index contributed by atoms with van der Waals surface area (Å²) in [7, 11) is 0. The summed E-state index contributed by atoms with van der Waals surface area (Å²) < 4.78 is 0. The minimum absolute atomic E-state index is 0.727. The molecule has 4 heteroatoms. The van der Waals surface area contributed by atoms with E-state index in [-0.39, 0.29) is 0 Å². The fourth-order valence-electron chi connectivity index (χ4n) is 6.26. The highest BCUT2D eigenvalue weighted by Gasteiger charge is 2.13.